The van der Waals surface area contributed by atoms with E-state index in [2.05, 4.69) is 20.0 Å². The van der Waals surface area contributed by atoms with Crippen molar-refractivity contribution < 1.29 is 27.6 Å². The SMILES string of the molecule is O=C(O)C(CNCc1ncon1)C(F)(F)F. The quantitative estimate of drug-likeness (QED) is 0.774. The Kier molecular flexibility index (Phi) is 3.82. The van der Waals surface area contributed by atoms with Crippen molar-refractivity contribution in [3.05, 3.63) is 12.2 Å². The number of rotatable bonds is 5. The van der Waals surface area contributed by atoms with Gasteiger partial charge in [0.15, 0.2) is 11.7 Å². The molecule has 0 bridgehead atoms. The maximum absolute atomic E-state index is 12.2. The average Bonchev–Trinajstić information content (AvgIpc) is 2.61. The molecular formula is C7H8F3N3O3. The molecule has 1 rings (SSSR count). The van der Waals surface area contributed by atoms with E-state index in [-0.39, 0.29) is 12.4 Å². The average molecular weight is 239 g/mol. The molecule has 0 radical (unpaired) electrons. The Labute approximate surface area is 87.4 Å². The second kappa shape index (κ2) is 4.92. The summed E-state index contributed by atoms with van der Waals surface area (Å²) in [5.41, 5.74) is 0. The van der Waals surface area contributed by atoms with E-state index in [0.29, 0.717) is 0 Å². The molecule has 0 aliphatic rings. The molecule has 90 valence electrons. The molecular weight excluding hydrogens is 231 g/mol. The molecule has 0 aromatic carbocycles. The van der Waals surface area contributed by atoms with Gasteiger partial charge in [-0.25, -0.2) is 0 Å². The van der Waals surface area contributed by atoms with Gasteiger partial charge in [0.25, 0.3) is 0 Å². The number of alkyl halides is 3. The van der Waals surface area contributed by atoms with Gasteiger partial charge in [0.2, 0.25) is 6.39 Å². The molecule has 0 spiro atoms. The molecule has 16 heavy (non-hydrogen) atoms. The second-order valence-corrected chi connectivity index (χ2v) is 2.91. The van der Waals surface area contributed by atoms with Gasteiger partial charge in [0.1, 0.15) is 0 Å². The Morgan fingerprint density at radius 1 is 1.62 bits per heavy atom. The predicted octanol–water partition coefficient (Wildman–Crippen LogP) is 0.422. The molecule has 0 aliphatic heterocycles. The van der Waals surface area contributed by atoms with Crippen LogP contribution in [0, 0.1) is 5.92 Å². The first-order valence-corrected chi connectivity index (χ1v) is 4.16. The fourth-order valence-corrected chi connectivity index (χ4v) is 0.942. The van der Waals surface area contributed by atoms with Gasteiger partial charge in [-0.3, -0.25) is 4.79 Å². The molecule has 2 N–H and O–H groups in total. The van der Waals surface area contributed by atoms with E-state index in [1.165, 1.54) is 0 Å². The molecule has 1 atom stereocenters. The highest BCUT2D eigenvalue weighted by atomic mass is 19.4. The summed E-state index contributed by atoms with van der Waals surface area (Å²) < 4.78 is 40.8. The van der Waals surface area contributed by atoms with Crippen LogP contribution in [0.1, 0.15) is 5.82 Å². The summed E-state index contributed by atoms with van der Waals surface area (Å²) >= 11 is 0. The van der Waals surface area contributed by atoms with Crippen LogP contribution in [0.2, 0.25) is 0 Å². The fourth-order valence-electron chi connectivity index (χ4n) is 0.942. The van der Waals surface area contributed by atoms with Crippen LogP contribution in [0.3, 0.4) is 0 Å². The third kappa shape index (κ3) is 3.50. The standard InChI is InChI=1S/C7H8F3N3O3/c8-7(9,10)4(6(14)15)1-11-2-5-12-3-16-13-5/h3-4,11H,1-2H2,(H,14,15). The van der Waals surface area contributed by atoms with Gasteiger partial charge >= 0.3 is 12.1 Å². The van der Waals surface area contributed by atoms with Crippen molar-refractivity contribution in [2.75, 3.05) is 6.54 Å². The summed E-state index contributed by atoms with van der Waals surface area (Å²) in [6.07, 6.45) is -3.76. The lowest BCUT2D eigenvalue weighted by Gasteiger charge is -2.15. The summed E-state index contributed by atoms with van der Waals surface area (Å²) in [6, 6.07) is 0. The van der Waals surface area contributed by atoms with E-state index in [0.717, 1.165) is 6.39 Å². The van der Waals surface area contributed by atoms with Crippen LogP contribution in [-0.2, 0) is 11.3 Å². The van der Waals surface area contributed by atoms with E-state index >= 15 is 0 Å². The van der Waals surface area contributed by atoms with Crippen LogP contribution in [-0.4, -0.2) is 33.9 Å². The molecule has 9 heteroatoms. The second-order valence-electron chi connectivity index (χ2n) is 2.91. The number of halogens is 3. The van der Waals surface area contributed by atoms with E-state index in [4.69, 9.17) is 5.11 Å². The fraction of sp³-hybridized carbons (Fsp3) is 0.571. The first-order chi connectivity index (χ1) is 7.41. The molecule has 0 saturated heterocycles. The number of aliphatic carboxylic acids is 1. The first-order valence-electron chi connectivity index (χ1n) is 4.16. The minimum absolute atomic E-state index is 0.0869. The van der Waals surface area contributed by atoms with Gasteiger partial charge in [-0.15, -0.1) is 0 Å². The van der Waals surface area contributed by atoms with E-state index in [9.17, 15) is 18.0 Å². The van der Waals surface area contributed by atoms with Crippen molar-refractivity contribution in [3.63, 3.8) is 0 Å². The van der Waals surface area contributed by atoms with Crippen LogP contribution >= 0.6 is 0 Å². The largest absolute Gasteiger partial charge is 0.481 e. The number of hydrogen-bond donors (Lipinski definition) is 2. The van der Waals surface area contributed by atoms with Crippen LogP contribution in [0.15, 0.2) is 10.9 Å². The van der Waals surface area contributed by atoms with E-state index in [1.807, 2.05) is 0 Å². The van der Waals surface area contributed by atoms with Crippen molar-refractivity contribution >= 4 is 5.97 Å². The number of aromatic nitrogens is 2. The molecule has 0 aliphatic carbocycles. The molecule has 1 aromatic heterocycles. The number of hydrogen-bond acceptors (Lipinski definition) is 5. The lowest BCUT2D eigenvalue weighted by Crippen LogP contribution is -2.39. The first kappa shape index (κ1) is 12.4. The number of nitrogens with one attached hydrogen (secondary N) is 1. The topological polar surface area (TPSA) is 88.2 Å². The summed E-state index contributed by atoms with van der Waals surface area (Å²) in [5, 5.41) is 14.0. The van der Waals surface area contributed by atoms with Crippen LogP contribution in [0.5, 0.6) is 0 Å². The van der Waals surface area contributed by atoms with Crippen molar-refractivity contribution in [2.24, 2.45) is 5.92 Å². The van der Waals surface area contributed by atoms with Crippen LogP contribution in [0.25, 0.3) is 0 Å². The monoisotopic (exact) mass is 239 g/mol. The van der Waals surface area contributed by atoms with Crippen LogP contribution in [0.4, 0.5) is 13.2 Å². The molecule has 0 saturated carbocycles. The van der Waals surface area contributed by atoms with Gasteiger partial charge in [-0.2, -0.15) is 18.2 Å². The third-order valence-electron chi connectivity index (χ3n) is 1.73. The summed E-state index contributed by atoms with van der Waals surface area (Å²) in [6.45, 7) is -0.830. The minimum Gasteiger partial charge on any atom is -0.481 e. The lowest BCUT2D eigenvalue weighted by molar-refractivity contribution is -0.192. The highest BCUT2D eigenvalue weighted by molar-refractivity contribution is 5.71. The van der Waals surface area contributed by atoms with Gasteiger partial charge in [0.05, 0.1) is 6.54 Å². The Hall–Kier alpha value is -1.64. The van der Waals surface area contributed by atoms with Crippen molar-refractivity contribution in [2.45, 2.75) is 12.7 Å². The zero-order valence-electron chi connectivity index (χ0n) is 7.86. The highest BCUT2D eigenvalue weighted by Crippen LogP contribution is 2.25. The molecule has 6 nitrogen and oxygen atoms in total. The third-order valence-corrected chi connectivity index (χ3v) is 1.73. The zero-order valence-corrected chi connectivity index (χ0v) is 7.86. The number of carboxylic acid groups (broad SMARTS) is 1. The predicted molar refractivity (Wildman–Crippen MR) is 43.2 cm³/mol. The number of nitrogens with zero attached hydrogens (tertiary/aromatic N) is 2. The molecule has 0 amide bonds. The molecule has 1 unspecified atom stereocenters. The van der Waals surface area contributed by atoms with Gasteiger partial charge in [0, 0.05) is 6.54 Å². The Morgan fingerprint density at radius 2 is 2.31 bits per heavy atom. The van der Waals surface area contributed by atoms with Crippen molar-refractivity contribution in [3.8, 4) is 0 Å². The lowest BCUT2D eigenvalue weighted by atomic mass is 10.1. The zero-order chi connectivity index (χ0) is 12.2. The Bertz CT molecular complexity index is 338. The van der Waals surface area contributed by atoms with Crippen LogP contribution < -0.4 is 5.32 Å². The van der Waals surface area contributed by atoms with Crippen molar-refractivity contribution in [1.29, 1.82) is 0 Å². The summed E-state index contributed by atoms with van der Waals surface area (Å²) in [4.78, 5) is 13.9. The number of carbonyl (C=O) groups is 1. The number of carboxylic acids is 1. The van der Waals surface area contributed by atoms with E-state index in [1.54, 1.807) is 0 Å². The summed E-state index contributed by atoms with van der Waals surface area (Å²) in [7, 11) is 0. The van der Waals surface area contributed by atoms with Gasteiger partial charge in [-0.1, -0.05) is 5.16 Å². The Morgan fingerprint density at radius 3 is 2.75 bits per heavy atom. The normalized spacial score (nSPS) is 13.7. The molecule has 1 heterocycles. The van der Waals surface area contributed by atoms with Gasteiger partial charge in [-0.05, 0) is 0 Å². The smallest absolute Gasteiger partial charge is 0.403 e. The highest BCUT2D eigenvalue weighted by Gasteiger charge is 2.44. The summed E-state index contributed by atoms with van der Waals surface area (Å²) in [5.74, 6) is -4.21. The van der Waals surface area contributed by atoms with E-state index < -0.39 is 24.6 Å². The van der Waals surface area contributed by atoms with Gasteiger partial charge < -0.3 is 14.9 Å². The maximum atomic E-state index is 12.2. The Balaban J connectivity index is 2.42. The minimum atomic E-state index is -4.78. The molecule has 1 aromatic rings. The van der Waals surface area contributed by atoms with Crippen molar-refractivity contribution in [1.82, 2.24) is 15.5 Å². The maximum Gasteiger partial charge on any atom is 0.403 e. The molecule has 0 fully saturated rings.